The first kappa shape index (κ1) is 11.6. The second-order valence-electron chi connectivity index (χ2n) is 4.35. The Morgan fingerprint density at radius 3 is 2.25 bits per heavy atom. The molecule has 0 aliphatic rings. The minimum Gasteiger partial charge on any atom is -0.380 e. The van der Waals surface area contributed by atoms with Gasteiger partial charge in [-0.2, -0.15) is 0 Å². The Balaban J connectivity index is 3.69. The third-order valence-corrected chi connectivity index (χ3v) is 1.87. The van der Waals surface area contributed by atoms with Gasteiger partial charge in [-0.3, -0.25) is 4.79 Å². The van der Waals surface area contributed by atoms with Crippen LogP contribution in [0.1, 0.15) is 34.6 Å². The summed E-state index contributed by atoms with van der Waals surface area (Å²) in [7, 11) is 0. The van der Waals surface area contributed by atoms with E-state index in [2.05, 4.69) is 13.8 Å². The van der Waals surface area contributed by atoms with E-state index >= 15 is 0 Å². The van der Waals surface area contributed by atoms with E-state index in [0.29, 0.717) is 12.5 Å². The smallest absolute Gasteiger partial charge is 0.137 e. The monoisotopic (exact) mass is 172 g/mol. The first-order chi connectivity index (χ1) is 5.36. The van der Waals surface area contributed by atoms with E-state index in [1.807, 2.05) is 13.8 Å². The molecule has 0 radical (unpaired) electrons. The maximum Gasteiger partial charge on any atom is 0.137 e. The van der Waals surface area contributed by atoms with Crippen LogP contribution in [0.25, 0.3) is 0 Å². The number of rotatable bonds is 5. The fourth-order valence-corrected chi connectivity index (χ4v) is 0.651. The summed E-state index contributed by atoms with van der Waals surface area (Å²) >= 11 is 0. The molecule has 2 nitrogen and oxygen atoms in total. The number of hydrogen-bond donors (Lipinski definition) is 0. The van der Waals surface area contributed by atoms with Gasteiger partial charge < -0.3 is 4.74 Å². The molecule has 0 unspecified atom stereocenters. The van der Waals surface area contributed by atoms with Crippen LogP contribution < -0.4 is 0 Å². The van der Waals surface area contributed by atoms with Crippen LogP contribution in [-0.2, 0) is 9.53 Å². The van der Waals surface area contributed by atoms with E-state index in [0.717, 1.165) is 6.61 Å². The average molecular weight is 172 g/mol. The molecule has 0 fully saturated rings. The summed E-state index contributed by atoms with van der Waals surface area (Å²) < 4.78 is 5.40. The highest BCUT2D eigenvalue weighted by Crippen LogP contribution is 2.16. The number of Topliss-reactive ketones (excluding diaryl/α,β-unsaturated/α-hetero) is 1. The van der Waals surface area contributed by atoms with E-state index in [1.54, 1.807) is 6.92 Å². The fraction of sp³-hybridized carbons (Fsp3) is 0.900. The third kappa shape index (κ3) is 4.50. The second kappa shape index (κ2) is 4.61. The van der Waals surface area contributed by atoms with Gasteiger partial charge >= 0.3 is 0 Å². The highest BCUT2D eigenvalue weighted by molar-refractivity contribution is 5.81. The lowest BCUT2D eigenvalue weighted by molar-refractivity contribution is -0.128. The Hall–Kier alpha value is -0.370. The van der Waals surface area contributed by atoms with Crippen molar-refractivity contribution in [3.8, 4) is 0 Å². The lowest BCUT2D eigenvalue weighted by Crippen LogP contribution is -2.28. The molecule has 2 heteroatoms. The number of carbonyl (C=O) groups is 1. The summed E-state index contributed by atoms with van der Waals surface area (Å²) in [5.74, 6) is 0.721. The maximum atomic E-state index is 11.1. The molecule has 0 heterocycles. The van der Waals surface area contributed by atoms with Crippen LogP contribution in [0, 0.1) is 11.3 Å². The van der Waals surface area contributed by atoms with Gasteiger partial charge in [-0.1, -0.05) is 27.7 Å². The van der Waals surface area contributed by atoms with E-state index in [-0.39, 0.29) is 11.2 Å². The van der Waals surface area contributed by atoms with Crippen LogP contribution >= 0.6 is 0 Å². The zero-order valence-electron chi connectivity index (χ0n) is 8.81. The standard InChI is InChI=1S/C10H20O2/c1-8(2)6-12-7-10(4,5)9(3)11/h8H,6-7H2,1-5H3. The van der Waals surface area contributed by atoms with Gasteiger partial charge in [0.05, 0.1) is 6.61 Å². The number of ether oxygens (including phenoxy) is 1. The number of ketones is 1. The van der Waals surface area contributed by atoms with Crippen LogP contribution in [0.2, 0.25) is 0 Å². The Labute approximate surface area is 75.3 Å². The van der Waals surface area contributed by atoms with Gasteiger partial charge in [0.25, 0.3) is 0 Å². The first-order valence-corrected chi connectivity index (χ1v) is 4.45. The van der Waals surface area contributed by atoms with Crippen LogP contribution in [0.5, 0.6) is 0 Å². The summed E-state index contributed by atoms with van der Waals surface area (Å²) in [6, 6.07) is 0. The van der Waals surface area contributed by atoms with E-state index in [1.165, 1.54) is 0 Å². The highest BCUT2D eigenvalue weighted by atomic mass is 16.5. The van der Waals surface area contributed by atoms with Crippen molar-refractivity contribution in [1.82, 2.24) is 0 Å². The normalized spacial score (nSPS) is 12.2. The number of carbonyl (C=O) groups excluding carboxylic acids is 1. The molecular weight excluding hydrogens is 152 g/mol. The summed E-state index contributed by atoms with van der Waals surface area (Å²) in [6.07, 6.45) is 0. The minimum atomic E-state index is -0.325. The molecule has 0 N–H and O–H groups in total. The molecular formula is C10H20O2. The van der Waals surface area contributed by atoms with Crippen LogP contribution in [0.15, 0.2) is 0 Å². The molecule has 0 aromatic rings. The van der Waals surface area contributed by atoms with Crippen molar-refractivity contribution in [3.05, 3.63) is 0 Å². The topological polar surface area (TPSA) is 26.3 Å². The Bertz CT molecular complexity index is 148. The summed E-state index contributed by atoms with van der Waals surface area (Å²) in [6.45, 7) is 10.9. The van der Waals surface area contributed by atoms with Crippen molar-refractivity contribution in [2.45, 2.75) is 34.6 Å². The zero-order valence-corrected chi connectivity index (χ0v) is 8.81. The molecule has 0 aromatic carbocycles. The largest absolute Gasteiger partial charge is 0.380 e. The van der Waals surface area contributed by atoms with Crippen molar-refractivity contribution in [2.75, 3.05) is 13.2 Å². The molecule has 0 atom stereocenters. The molecule has 0 rings (SSSR count). The van der Waals surface area contributed by atoms with Gasteiger partial charge in [0.2, 0.25) is 0 Å². The summed E-state index contributed by atoms with van der Waals surface area (Å²) in [5, 5.41) is 0. The quantitative estimate of drug-likeness (QED) is 0.636. The molecule has 0 aliphatic carbocycles. The minimum absolute atomic E-state index is 0.186. The molecule has 0 aromatic heterocycles. The average Bonchev–Trinajstić information content (AvgIpc) is 1.85. The molecule has 0 saturated heterocycles. The van der Waals surface area contributed by atoms with Crippen molar-refractivity contribution in [1.29, 1.82) is 0 Å². The molecule has 12 heavy (non-hydrogen) atoms. The third-order valence-electron chi connectivity index (χ3n) is 1.87. The van der Waals surface area contributed by atoms with Crippen LogP contribution in [0.3, 0.4) is 0 Å². The van der Waals surface area contributed by atoms with Gasteiger partial charge in [-0.05, 0) is 12.8 Å². The van der Waals surface area contributed by atoms with Gasteiger partial charge in [-0.25, -0.2) is 0 Å². The van der Waals surface area contributed by atoms with Crippen LogP contribution in [0.4, 0.5) is 0 Å². The van der Waals surface area contributed by atoms with E-state index in [4.69, 9.17) is 4.74 Å². The van der Waals surface area contributed by atoms with Gasteiger partial charge in [0.15, 0.2) is 0 Å². The lowest BCUT2D eigenvalue weighted by Gasteiger charge is -2.21. The highest BCUT2D eigenvalue weighted by Gasteiger charge is 2.23. The fourth-order valence-electron chi connectivity index (χ4n) is 0.651. The zero-order chi connectivity index (χ0) is 9.78. The SMILES string of the molecule is CC(=O)C(C)(C)COCC(C)C. The summed E-state index contributed by atoms with van der Waals surface area (Å²) in [4.78, 5) is 11.1. The molecule has 72 valence electrons. The predicted molar refractivity (Wildman–Crippen MR) is 50.1 cm³/mol. The number of hydrogen-bond acceptors (Lipinski definition) is 2. The molecule has 0 saturated carbocycles. The maximum absolute atomic E-state index is 11.1. The van der Waals surface area contributed by atoms with Crippen molar-refractivity contribution >= 4 is 5.78 Å². The van der Waals surface area contributed by atoms with Gasteiger partial charge in [-0.15, -0.1) is 0 Å². The first-order valence-electron chi connectivity index (χ1n) is 4.45. The van der Waals surface area contributed by atoms with Crippen molar-refractivity contribution < 1.29 is 9.53 Å². The Morgan fingerprint density at radius 1 is 1.42 bits per heavy atom. The molecule has 0 spiro atoms. The van der Waals surface area contributed by atoms with Crippen molar-refractivity contribution in [3.63, 3.8) is 0 Å². The van der Waals surface area contributed by atoms with Crippen molar-refractivity contribution in [2.24, 2.45) is 11.3 Å². The van der Waals surface area contributed by atoms with Gasteiger partial charge in [0, 0.05) is 12.0 Å². The van der Waals surface area contributed by atoms with E-state index in [9.17, 15) is 4.79 Å². The Morgan fingerprint density at radius 2 is 1.92 bits per heavy atom. The van der Waals surface area contributed by atoms with E-state index < -0.39 is 0 Å². The van der Waals surface area contributed by atoms with Crippen LogP contribution in [-0.4, -0.2) is 19.0 Å². The second-order valence-corrected chi connectivity index (χ2v) is 4.35. The molecule has 0 amide bonds. The summed E-state index contributed by atoms with van der Waals surface area (Å²) in [5.41, 5.74) is -0.325. The lowest BCUT2D eigenvalue weighted by atomic mass is 9.90. The molecule has 0 aliphatic heterocycles. The molecule has 0 bridgehead atoms. The Kier molecular flexibility index (Phi) is 4.46. The predicted octanol–water partition coefficient (Wildman–Crippen LogP) is 2.27. The van der Waals surface area contributed by atoms with Gasteiger partial charge in [0.1, 0.15) is 5.78 Å².